The zero-order valence-corrected chi connectivity index (χ0v) is 13.3. The molecule has 1 fully saturated rings. The number of carboxylic acids is 1. The van der Waals surface area contributed by atoms with Crippen molar-refractivity contribution in [3.63, 3.8) is 0 Å². The van der Waals surface area contributed by atoms with Gasteiger partial charge in [-0.2, -0.15) is 9.97 Å². The van der Waals surface area contributed by atoms with E-state index in [9.17, 15) is 9.59 Å². The van der Waals surface area contributed by atoms with Crippen LogP contribution in [-0.2, 0) is 16.0 Å². The Balaban J connectivity index is 1.67. The van der Waals surface area contributed by atoms with E-state index >= 15 is 0 Å². The SMILES string of the molecule is Nc1nc(N)c2c(n1)O[C@]1(CCCN(C(=O)CCC(=O)O)CC1)C2. The molecule has 3 rings (SSSR count). The van der Waals surface area contributed by atoms with Crippen molar-refractivity contribution in [3.05, 3.63) is 5.56 Å². The zero-order chi connectivity index (χ0) is 17.3. The number of nitrogens with zero attached hydrogens (tertiary/aromatic N) is 3. The molecule has 3 heterocycles. The molecule has 1 spiro atoms. The summed E-state index contributed by atoms with van der Waals surface area (Å²) in [7, 11) is 0. The minimum Gasteiger partial charge on any atom is -0.481 e. The summed E-state index contributed by atoms with van der Waals surface area (Å²) in [6, 6.07) is 0. The smallest absolute Gasteiger partial charge is 0.303 e. The molecule has 1 saturated heterocycles. The molecule has 2 aliphatic heterocycles. The van der Waals surface area contributed by atoms with E-state index in [1.54, 1.807) is 4.90 Å². The van der Waals surface area contributed by atoms with Gasteiger partial charge in [0.1, 0.15) is 11.4 Å². The van der Waals surface area contributed by atoms with Gasteiger partial charge in [0.05, 0.1) is 12.0 Å². The molecule has 0 bridgehead atoms. The van der Waals surface area contributed by atoms with E-state index in [0.29, 0.717) is 37.6 Å². The summed E-state index contributed by atoms with van der Waals surface area (Å²) < 4.78 is 6.06. The fraction of sp³-hybridized carbons (Fsp3) is 0.600. The number of likely N-dealkylation sites (tertiary alicyclic amines) is 1. The molecular weight excluding hydrogens is 314 g/mol. The Morgan fingerprint density at radius 2 is 2.00 bits per heavy atom. The standard InChI is InChI=1S/C15H21N5O4/c16-12-9-8-15(24-13(9)19-14(17)18-12)4-1-6-20(7-5-15)10(21)2-3-11(22)23/h1-8H2,(H,22,23)(H4,16,17,18,19)/t15-/m0/s1. The molecule has 0 aliphatic carbocycles. The fourth-order valence-electron chi connectivity index (χ4n) is 3.38. The van der Waals surface area contributed by atoms with E-state index in [1.807, 2.05) is 0 Å². The maximum atomic E-state index is 12.1. The van der Waals surface area contributed by atoms with Crippen LogP contribution in [0.25, 0.3) is 0 Å². The van der Waals surface area contributed by atoms with Crippen LogP contribution in [0.1, 0.15) is 37.7 Å². The molecular formula is C15H21N5O4. The van der Waals surface area contributed by atoms with Crippen LogP contribution in [0.4, 0.5) is 11.8 Å². The van der Waals surface area contributed by atoms with Gasteiger partial charge in [-0.3, -0.25) is 9.59 Å². The van der Waals surface area contributed by atoms with Crippen molar-refractivity contribution in [1.29, 1.82) is 0 Å². The van der Waals surface area contributed by atoms with Crippen molar-refractivity contribution in [2.24, 2.45) is 0 Å². The van der Waals surface area contributed by atoms with Crippen molar-refractivity contribution in [2.75, 3.05) is 24.6 Å². The topological polar surface area (TPSA) is 145 Å². The second-order valence-electron chi connectivity index (χ2n) is 6.34. The highest BCUT2D eigenvalue weighted by Gasteiger charge is 2.43. The summed E-state index contributed by atoms with van der Waals surface area (Å²) >= 11 is 0. The summed E-state index contributed by atoms with van der Waals surface area (Å²) in [6.07, 6.45) is 2.67. The maximum absolute atomic E-state index is 12.1. The number of nitrogen functional groups attached to an aromatic ring is 2. The van der Waals surface area contributed by atoms with Crippen molar-refractivity contribution >= 4 is 23.6 Å². The van der Waals surface area contributed by atoms with Crippen molar-refractivity contribution < 1.29 is 19.4 Å². The first-order valence-electron chi connectivity index (χ1n) is 7.99. The number of fused-ring (bicyclic) bond motifs is 1. The zero-order valence-electron chi connectivity index (χ0n) is 13.3. The number of hydrogen-bond donors (Lipinski definition) is 3. The third-order valence-corrected chi connectivity index (χ3v) is 4.63. The van der Waals surface area contributed by atoms with Gasteiger partial charge in [0.15, 0.2) is 0 Å². The number of anilines is 2. The largest absolute Gasteiger partial charge is 0.481 e. The van der Waals surface area contributed by atoms with Gasteiger partial charge in [-0.25, -0.2) is 0 Å². The van der Waals surface area contributed by atoms with Gasteiger partial charge in [0, 0.05) is 32.4 Å². The number of carbonyl (C=O) groups excluding carboxylic acids is 1. The number of nitrogens with two attached hydrogens (primary N) is 2. The molecule has 2 aliphatic rings. The third kappa shape index (κ3) is 3.19. The highest BCUT2D eigenvalue weighted by molar-refractivity contribution is 5.80. The first-order valence-corrected chi connectivity index (χ1v) is 7.99. The minimum atomic E-state index is -0.962. The summed E-state index contributed by atoms with van der Waals surface area (Å²) in [5.74, 6) is -0.231. The maximum Gasteiger partial charge on any atom is 0.303 e. The van der Waals surface area contributed by atoms with E-state index in [4.69, 9.17) is 21.3 Å². The number of carboxylic acid groups (broad SMARTS) is 1. The highest BCUT2D eigenvalue weighted by Crippen LogP contribution is 2.42. The minimum absolute atomic E-state index is 0.0262. The van der Waals surface area contributed by atoms with Gasteiger partial charge in [-0.05, 0) is 12.8 Å². The Kier molecular flexibility index (Phi) is 4.16. The predicted molar refractivity (Wildman–Crippen MR) is 85.2 cm³/mol. The monoisotopic (exact) mass is 335 g/mol. The van der Waals surface area contributed by atoms with Gasteiger partial charge in [0.2, 0.25) is 17.7 Å². The number of aromatic nitrogens is 2. The number of carbonyl (C=O) groups is 2. The number of hydrogen-bond acceptors (Lipinski definition) is 7. The highest BCUT2D eigenvalue weighted by atomic mass is 16.5. The molecule has 9 nitrogen and oxygen atoms in total. The van der Waals surface area contributed by atoms with Crippen LogP contribution < -0.4 is 16.2 Å². The normalized spacial score (nSPS) is 22.8. The molecule has 0 unspecified atom stereocenters. The molecule has 1 amide bonds. The van der Waals surface area contributed by atoms with Crippen molar-refractivity contribution in [1.82, 2.24) is 14.9 Å². The molecule has 1 aromatic heterocycles. The second-order valence-corrected chi connectivity index (χ2v) is 6.34. The Bertz CT molecular complexity index is 680. The van der Waals surface area contributed by atoms with Crippen LogP contribution in [-0.4, -0.2) is 50.5 Å². The first kappa shape index (κ1) is 16.3. The van der Waals surface area contributed by atoms with Gasteiger partial charge in [0.25, 0.3) is 0 Å². The molecule has 1 atom stereocenters. The number of rotatable bonds is 3. The molecule has 130 valence electrons. The van der Waals surface area contributed by atoms with Gasteiger partial charge in [-0.15, -0.1) is 0 Å². The first-order chi connectivity index (χ1) is 11.4. The van der Waals surface area contributed by atoms with E-state index in [0.717, 1.165) is 18.4 Å². The summed E-state index contributed by atoms with van der Waals surface area (Å²) in [5.41, 5.74) is 11.9. The van der Waals surface area contributed by atoms with Crippen LogP contribution in [0.2, 0.25) is 0 Å². The van der Waals surface area contributed by atoms with Gasteiger partial charge in [-0.1, -0.05) is 0 Å². The third-order valence-electron chi connectivity index (χ3n) is 4.63. The average molecular weight is 335 g/mol. The van der Waals surface area contributed by atoms with E-state index < -0.39 is 11.6 Å². The quantitative estimate of drug-likeness (QED) is 0.710. The number of aliphatic carboxylic acids is 1. The van der Waals surface area contributed by atoms with Crippen molar-refractivity contribution in [3.8, 4) is 5.88 Å². The summed E-state index contributed by atoms with van der Waals surface area (Å²) in [5, 5.41) is 8.71. The lowest BCUT2D eigenvalue weighted by Gasteiger charge is -2.27. The average Bonchev–Trinajstić information content (AvgIpc) is 2.73. The second kappa shape index (κ2) is 6.14. The fourth-order valence-corrected chi connectivity index (χ4v) is 3.38. The lowest BCUT2D eigenvalue weighted by atomic mass is 9.90. The Labute approximate surface area is 139 Å². The molecule has 24 heavy (non-hydrogen) atoms. The van der Waals surface area contributed by atoms with E-state index in [1.165, 1.54) is 0 Å². The molecule has 1 aromatic rings. The summed E-state index contributed by atoms with van der Waals surface area (Å²) in [6.45, 7) is 1.12. The van der Waals surface area contributed by atoms with Crippen LogP contribution in [0, 0.1) is 0 Å². The van der Waals surface area contributed by atoms with Crippen LogP contribution in [0.3, 0.4) is 0 Å². The molecule has 5 N–H and O–H groups in total. The molecule has 0 radical (unpaired) electrons. The van der Waals surface area contributed by atoms with E-state index in [2.05, 4.69) is 9.97 Å². The number of ether oxygens (including phenoxy) is 1. The predicted octanol–water partition coefficient (Wildman–Crippen LogP) is 0.192. The Hall–Kier alpha value is -2.58. The lowest BCUT2D eigenvalue weighted by Crippen LogP contribution is -2.37. The van der Waals surface area contributed by atoms with E-state index in [-0.39, 0.29) is 24.7 Å². The lowest BCUT2D eigenvalue weighted by molar-refractivity contribution is -0.140. The Morgan fingerprint density at radius 1 is 1.21 bits per heavy atom. The number of amides is 1. The van der Waals surface area contributed by atoms with Crippen molar-refractivity contribution in [2.45, 2.75) is 44.1 Å². The molecule has 9 heteroatoms. The van der Waals surface area contributed by atoms with Gasteiger partial charge >= 0.3 is 5.97 Å². The Morgan fingerprint density at radius 3 is 2.75 bits per heavy atom. The summed E-state index contributed by atoms with van der Waals surface area (Å²) in [4.78, 5) is 32.6. The molecule has 0 saturated carbocycles. The van der Waals surface area contributed by atoms with Crippen LogP contribution in [0.5, 0.6) is 5.88 Å². The van der Waals surface area contributed by atoms with Gasteiger partial charge < -0.3 is 26.2 Å². The van der Waals surface area contributed by atoms with Crippen LogP contribution >= 0.6 is 0 Å². The molecule has 0 aromatic carbocycles. The van der Waals surface area contributed by atoms with Crippen LogP contribution in [0.15, 0.2) is 0 Å².